The average Bonchev–Trinajstić information content (AvgIpc) is 3.30. The summed E-state index contributed by atoms with van der Waals surface area (Å²) < 4.78 is 32.8. The van der Waals surface area contributed by atoms with Gasteiger partial charge in [-0.25, -0.2) is 4.57 Å². The Bertz CT molecular complexity index is 1430. The predicted octanol–water partition coefficient (Wildman–Crippen LogP) is 15.5. The van der Waals surface area contributed by atoms with Crippen LogP contribution in [0.3, 0.4) is 0 Å². The molecule has 370 valence electrons. The van der Waals surface area contributed by atoms with Gasteiger partial charge in [-0.05, 0) is 83.5 Å². The van der Waals surface area contributed by atoms with Crippen molar-refractivity contribution in [2.24, 2.45) is 5.73 Å². The molecule has 0 aliphatic carbocycles. The highest BCUT2D eigenvalue weighted by atomic mass is 31.2. The lowest BCUT2D eigenvalue weighted by atomic mass is 10.1. The molecular weight excluding hydrogens is 834 g/mol. The van der Waals surface area contributed by atoms with Crippen molar-refractivity contribution in [1.82, 2.24) is 0 Å². The Kier molecular flexibility index (Phi) is 47.5. The number of unbranched alkanes of at least 4 members (excludes halogenated alkanes) is 15. The molecule has 0 aromatic rings. The van der Waals surface area contributed by atoms with Gasteiger partial charge < -0.3 is 20.1 Å². The van der Waals surface area contributed by atoms with Crippen LogP contribution in [0.25, 0.3) is 0 Å². The highest BCUT2D eigenvalue weighted by Gasteiger charge is 2.26. The largest absolute Gasteiger partial charge is 0.472 e. The molecule has 9 nitrogen and oxygen atoms in total. The van der Waals surface area contributed by atoms with Gasteiger partial charge in [0.2, 0.25) is 0 Å². The van der Waals surface area contributed by atoms with E-state index in [0.717, 1.165) is 109 Å². The van der Waals surface area contributed by atoms with E-state index in [9.17, 15) is 19.0 Å². The van der Waals surface area contributed by atoms with Crippen molar-refractivity contribution in [2.45, 2.75) is 200 Å². The number of allylic oxidation sites excluding steroid dienone is 18. The van der Waals surface area contributed by atoms with Crippen molar-refractivity contribution in [3.05, 3.63) is 109 Å². The lowest BCUT2D eigenvalue weighted by Gasteiger charge is -2.19. The summed E-state index contributed by atoms with van der Waals surface area (Å²) in [7, 11) is -4.39. The molecule has 0 heterocycles. The Labute approximate surface area is 397 Å². The van der Waals surface area contributed by atoms with Crippen molar-refractivity contribution in [3.8, 4) is 0 Å². The molecule has 0 radical (unpaired) electrons. The van der Waals surface area contributed by atoms with Crippen LogP contribution in [-0.4, -0.2) is 49.3 Å². The zero-order chi connectivity index (χ0) is 47.4. The minimum absolute atomic E-state index is 0.0452. The summed E-state index contributed by atoms with van der Waals surface area (Å²) in [5, 5.41) is 0. The second-order valence-corrected chi connectivity index (χ2v) is 17.8. The molecule has 0 aliphatic rings. The lowest BCUT2D eigenvalue weighted by molar-refractivity contribution is -0.161. The van der Waals surface area contributed by atoms with Gasteiger partial charge in [0.05, 0.1) is 13.2 Å². The second-order valence-electron chi connectivity index (χ2n) is 16.3. The maximum absolute atomic E-state index is 12.6. The molecule has 0 saturated heterocycles. The van der Waals surface area contributed by atoms with Crippen molar-refractivity contribution >= 4 is 19.8 Å². The molecule has 0 aromatic heterocycles. The van der Waals surface area contributed by atoms with E-state index < -0.39 is 32.5 Å². The lowest BCUT2D eigenvalue weighted by Crippen LogP contribution is -2.29. The molecule has 0 spiro atoms. The first-order valence-corrected chi connectivity index (χ1v) is 26.9. The topological polar surface area (TPSA) is 134 Å². The molecule has 0 aliphatic heterocycles. The third kappa shape index (κ3) is 49.9. The summed E-state index contributed by atoms with van der Waals surface area (Å²) >= 11 is 0. The van der Waals surface area contributed by atoms with Crippen LogP contribution >= 0.6 is 7.82 Å². The standard InChI is InChI=1S/C55H92NO8P/c1-3-5-7-9-11-13-15-16-17-18-19-20-21-22-23-24-25-26-27-28-29-30-31-32-33-34-35-36-38-40-42-44-46-48-55(58)64-53(52-63-65(59,60)62-50-49-56)51-61-54(57)47-45-43-41-39-37-14-12-10-8-6-4-2/h5,7,11,13,16-17,19-20,22-23,25-26,28-29,31-32,34-35,53H,3-4,6,8-10,12,14-15,18,21,24,27,30,33,36-52,56H2,1-2H3,(H,59,60)/b7-5-,13-11-,17-16-,20-19-,23-22-,26-25-,29-28-,32-31-,35-34-. The molecule has 0 amide bonds. The number of rotatable bonds is 46. The van der Waals surface area contributed by atoms with Gasteiger partial charge in [0.1, 0.15) is 6.61 Å². The van der Waals surface area contributed by atoms with E-state index in [4.69, 9.17) is 24.3 Å². The first kappa shape index (κ1) is 61.7. The Morgan fingerprint density at radius 3 is 1.26 bits per heavy atom. The Hall–Kier alpha value is -3.33. The van der Waals surface area contributed by atoms with Gasteiger partial charge in [-0.1, -0.05) is 207 Å². The van der Waals surface area contributed by atoms with Gasteiger partial charge >= 0.3 is 19.8 Å². The number of carbonyl (C=O) groups excluding carboxylic acids is 2. The second kappa shape index (κ2) is 50.1. The summed E-state index contributed by atoms with van der Waals surface area (Å²) in [6, 6.07) is 0. The first-order valence-electron chi connectivity index (χ1n) is 25.4. The van der Waals surface area contributed by atoms with Crippen LogP contribution < -0.4 is 5.73 Å². The molecule has 10 heteroatoms. The highest BCUT2D eigenvalue weighted by molar-refractivity contribution is 7.47. The quantitative estimate of drug-likeness (QED) is 0.0265. The van der Waals surface area contributed by atoms with Crippen LogP contribution in [-0.2, 0) is 32.7 Å². The van der Waals surface area contributed by atoms with E-state index in [1.807, 2.05) is 0 Å². The van der Waals surface area contributed by atoms with E-state index >= 15 is 0 Å². The third-order valence-electron chi connectivity index (χ3n) is 10.2. The summed E-state index contributed by atoms with van der Waals surface area (Å²) in [4.78, 5) is 34.9. The normalized spacial score (nSPS) is 14.1. The number of esters is 2. The van der Waals surface area contributed by atoms with Crippen LogP contribution in [0.1, 0.15) is 194 Å². The fraction of sp³-hybridized carbons (Fsp3) is 0.636. The van der Waals surface area contributed by atoms with Gasteiger partial charge in [-0.3, -0.25) is 18.6 Å². The third-order valence-corrected chi connectivity index (χ3v) is 11.2. The van der Waals surface area contributed by atoms with E-state index in [2.05, 4.69) is 123 Å². The van der Waals surface area contributed by atoms with Crippen molar-refractivity contribution in [3.63, 3.8) is 0 Å². The molecule has 2 unspecified atom stereocenters. The Morgan fingerprint density at radius 2 is 0.846 bits per heavy atom. The minimum atomic E-state index is -4.39. The number of hydrogen-bond donors (Lipinski definition) is 2. The minimum Gasteiger partial charge on any atom is -0.462 e. The molecule has 0 rings (SSSR count). The molecule has 3 N–H and O–H groups in total. The number of carbonyl (C=O) groups is 2. The fourth-order valence-electron chi connectivity index (χ4n) is 6.45. The van der Waals surface area contributed by atoms with E-state index in [1.54, 1.807) is 0 Å². The van der Waals surface area contributed by atoms with E-state index in [1.165, 1.54) is 51.4 Å². The number of phosphoric acid groups is 1. The monoisotopic (exact) mass is 926 g/mol. The Morgan fingerprint density at radius 1 is 0.477 bits per heavy atom. The fourth-order valence-corrected chi connectivity index (χ4v) is 7.22. The summed E-state index contributed by atoms with van der Waals surface area (Å²) in [6.45, 7) is 3.57. The predicted molar refractivity (Wildman–Crippen MR) is 275 cm³/mol. The molecule has 0 saturated carbocycles. The van der Waals surface area contributed by atoms with Crippen LogP contribution in [0.15, 0.2) is 109 Å². The Balaban J connectivity index is 4.08. The number of phosphoric ester groups is 1. The molecule has 0 bridgehead atoms. The molecular formula is C55H92NO8P. The van der Waals surface area contributed by atoms with Crippen LogP contribution in [0.5, 0.6) is 0 Å². The number of nitrogens with two attached hydrogens (primary N) is 1. The maximum atomic E-state index is 12.6. The SMILES string of the molecule is CC/C=C\C/C=C\C/C=C\C/C=C\C/C=C\C/C=C\C/C=C\C/C=C\C/C=C\CCCCCCCC(=O)OC(COC(=O)CCCCCCCCCCCCC)COP(=O)(O)OCCN. The number of ether oxygens (including phenoxy) is 2. The summed E-state index contributed by atoms with van der Waals surface area (Å²) in [5.74, 6) is -0.858. The molecule has 0 aromatic carbocycles. The molecule has 65 heavy (non-hydrogen) atoms. The van der Waals surface area contributed by atoms with Gasteiger partial charge in [0, 0.05) is 19.4 Å². The van der Waals surface area contributed by atoms with E-state index in [0.29, 0.717) is 6.42 Å². The maximum Gasteiger partial charge on any atom is 0.472 e. The van der Waals surface area contributed by atoms with Crippen LogP contribution in [0, 0.1) is 0 Å². The number of hydrogen-bond acceptors (Lipinski definition) is 8. The van der Waals surface area contributed by atoms with Crippen LogP contribution in [0.4, 0.5) is 0 Å². The smallest absolute Gasteiger partial charge is 0.462 e. The summed E-state index contributed by atoms with van der Waals surface area (Å²) in [5.41, 5.74) is 5.35. The van der Waals surface area contributed by atoms with Gasteiger partial charge in [0.15, 0.2) is 6.10 Å². The molecule has 0 fully saturated rings. The zero-order valence-electron chi connectivity index (χ0n) is 40.9. The summed E-state index contributed by atoms with van der Waals surface area (Å²) in [6.07, 6.45) is 67.1. The first-order chi connectivity index (χ1) is 31.8. The van der Waals surface area contributed by atoms with Gasteiger partial charge in [-0.15, -0.1) is 0 Å². The average molecular weight is 926 g/mol. The van der Waals surface area contributed by atoms with Crippen LogP contribution in [0.2, 0.25) is 0 Å². The van der Waals surface area contributed by atoms with Crippen molar-refractivity contribution in [1.29, 1.82) is 0 Å². The van der Waals surface area contributed by atoms with Crippen molar-refractivity contribution in [2.75, 3.05) is 26.4 Å². The highest BCUT2D eigenvalue weighted by Crippen LogP contribution is 2.43. The zero-order valence-corrected chi connectivity index (χ0v) is 41.8. The van der Waals surface area contributed by atoms with Crippen molar-refractivity contribution < 1.29 is 37.6 Å². The van der Waals surface area contributed by atoms with Gasteiger partial charge in [0.25, 0.3) is 0 Å². The van der Waals surface area contributed by atoms with E-state index in [-0.39, 0.29) is 32.6 Å². The molecule has 2 atom stereocenters. The van der Waals surface area contributed by atoms with Gasteiger partial charge in [-0.2, -0.15) is 0 Å².